The van der Waals surface area contributed by atoms with Crippen molar-refractivity contribution in [3.63, 3.8) is 0 Å². The molecule has 5 nitrogen and oxygen atoms in total. The fourth-order valence-electron chi connectivity index (χ4n) is 2.90. The van der Waals surface area contributed by atoms with Crippen LogP contribution in [0.15, 0.2) is 36.7 Å². The zero-order valence-electron chi connectivity index (χ0n) is 13.5. The molecule has 0 fully saturated rings. The van der Waals surface area contributed by atoms with E-state index in [4.69, 9.17) is 0 Å². The highest BCUT2D eigenvalue weighted by Gasteiger charge is 2.33. The number of hydrogen-bond donors (Lipinski definition) is 1. The van der Waals surface area contributed by atoms with Crippen LogP contribution in [0, 0.1) is 0 Å². The molecule has 0 bridgehead atoms. The lowest BCUT2D eigenvalue weighted by atomic mass is 10.1. The van der Waals surface area contributed by atoms with Crippen molar-refractivity contribution in [2.75, 3.05) is 0 Å². The summed E-state index contributed by atoms with van der Waals surface area (Å²) in [5.74, 6) is 0.101. The number of fused-ring (bicyclic) bond motifs is 2. The van der Waals surface area contributed by atoms with Crippen LogP contribution in [0.3, 0.4) is 0 Å². The Bertz CT molecular complexity index is 1070. The maximum Gasteiger partial charge on any atom is 0.433 e. The van der Waals surface area contributed by atoms with Crippen LogP contribution in [0.1, 0.15) is 31.2 Å². The van der Waals surface area contributed by atoms with Crippen LogP contribution in [-0.2, 0) is 6.18 Å². The Kier molecular flexibility index (Phi) is 3.31. The molecule has 0 saturated heterocycles. The first kappa shape index (κ1) is 15.6. The van der Waals surface area contributed by atoms with Gasteiger partial charge in [0.15, 0.2) is 5.65 Å². The van der Waals surface area contributed by atoms with Crippen molar-refractivity contribution < 1.29 is 13.2 Å². The monoisotopic (exact) mass is 345 g/mol. The number of rotatable bonds is 2. The molecule has 128 valence electrons. The van der Waals surface area contributed by atoms with E-state index in [0.717, 1.165) is 17.1 Å². The second-order valence-corrected chi connectivity index (χ2v) is 6.17. The van der Waals surface area contributed by atoms with Gasteiger partial charge in [-0.25, -0.2) is 9.97 Å². The Morgan fingerprint density at radius 2 is 1.88 bits per heavy atom. The molecule has 0 aromatic carbocycles. The van der Waals surface area contributed by atoms with E-state index in [1.165, 1.54) is 6.07 Å². The first-order valence-corrected chi connectivity index (χ1v) is 7.73. The average Bonchev–Trinajstić information content (AvgIpc) is 3.16. The van der Waals surface area contributed by atoms with Gasteiger partial charge in [-0.05, 0) is 30.2 Å². The van der Waals surface area contributed by atoms with E-state index in [1.807, 2.05) is 26.0 Å². The predicted octanol–water partition coefficient (Wildman–Crippen LogP) is 4.44. The molecule has 0 amide bonds. The van der Waals surface area contributed by atoms with Gasteiger partial charge in [0.1, 0.15) is 11.3 Å². The number of aromatic amines is 1. The Morgan fingerprint density at radius 1 is 1.08 bits per heavy atom. The number of H-pyrrole nitrogens is 1. The van der Waals surface area contributed by atoms with Crippen LogP contribution in [0.4, 0.5) is 13.2 Å². The third-order valence-electron chi connectivity index (χ3n) is 4.10. The second kappa shape index (κ2) is 5.30. The van der Waals surface area contributed by atoms with E-state index in [1.54, 1.807) is 17.0 Å². The van der Waals surface area contributed by atoms with E-state index in [2.05, 4.69) is 20.2 Å². The number of nitrogens with one attached hydrogen (secondary N) is 1. The van der Waals surface area contributed by atoms with Crippen molar-refractivity contribution in [1.29, 1.82) is 0 Å². The molecule has 0 unspecified atom stereocenters. The first-order valence-electron chi connectivity index (χ1n) is 7.73. The highest BCUT2D eigenvalue weighted by atomic mass is 19.4. The van der Waals surface area contributed by atoms with Crippen LogP contribution in [0.2, 0.25) is 0 Å². The smallest absolute Gasteiger partial charge is 0.296 e. The fraction of sp³-hybridized carbons (Fsp3) is 0.235. The highest BCUT2D eigenvalue weighted by molar-refractivity contribution is 5.82. The molecule has 0 radical (unpaired) electrons. The Balaban J connectivity index is 2.03. The summed E-state index contributed by atoms with van der Waals surface area (Å²) >= 11 is 0. The van der Waals surface area contributed by atoms with Crippen molar-refractivity contribution in [1.82, 2.24) is 24.7 Å². The minimum atomic E-state index is -4.49. The molecule has 4 heterocycles. The summed E-state index contributed by atoms with van der Waals surface area (Å²) in [4.78, 5) is 8.17. The number of halogens is 3. The van der Waals surface area contributed by atoms with Crippen molar-refractivity contribution in [3.8, 4) is 5.69 Å². The summed E-state index contributed by atoms with van der Waals surface area (Å²) in [7, 11) is 0. The lowest BCUT2D eigenvalue weighted by molar-refractivity contribution is -0.141. The molecular weight excluding hydrogens is 331 g/mol. The number of alkyl halides is 3. The normalized spacial score (nSPS) is 12.6. The van der Waals surface area contributed by atoms with Crippen LogP contribution in [-0.4, -0.2) is 24.7 Å². The van der Waals surface area contributed by atoms with Crippen molar-refractivity contribution in [3.05, 3.63) is 48.0 Å². The summed E-state index contributed by atoms with van der Waals surface area (Å²) in [6, 6.07) is 6.16. The van der Waals surface area contributed by atoms with E-state index in [-0.39, 0.29) is 11.6 Å². The van der Waals surface area contributed by atoms with Gasteiger partial charge in [0, 0.05) is 16.5 Å². The Morgan fingerprint density at radius 3 is 2.60 bits per heavy atom. The Labute approximate surface area is 140 Å². The number of aromatic nitrogens is 5. The lowest BCUT2D eigenvalue weighted by Crippen LogP contribution is -2.09. The molecule has 8 heteroatoms. The molecule has 4 aromatic rings. The van der Waals surface area contributed by atoms with Crippen LogP contribution < -0.4 is 0 Å². The minimum Gasteiger partial charge on any atom is -0.296 e. The van der Waals surface area contributed by atoms with Gasteiger partial charge in [0.05, 0.1) is 18.1 Å². The molecule has 0 spiro atoms. The van der Waals surface area contributed by atoms with Gasteiger partial charge in [0.2, 0.25) is 0 Å². The molecular formula is C17H14F3N5. The summed E-state index contributed by atoms with van der Waals surface area (Å²) in [6.45, 7) is 3.97. The topological polar surface area (TPSA) is 59.4 Å². The summed E-state index contributed by atoms with van der Waals surface area (Å²) in [5.41, 5.74) is 1.50. The largest absolute Gasteiger partial charge is 0.433 e. The highest BCUT2D eigenvalue weighted by Crippen LogP contribution is 2.33. The molecule has 0 atom stereocenters. The van der Waals surface area contributed by atoms with Crippen molar-refractivity contribution in [2.24, 2.45) is 0 Å². The third kappa shape index (κ3) is 2.54. The van der Waals surface area contributed by atoms with Gasteiger partial charge in [-0.15, -0.1) is 0 Å². The summed E-state index contributed by atoms with van der Waals surface area (Å²) in [6.07, 6.45) is -1.26. The van der Waals surface area contributed by atoms with Gasteiger partial charge in [-0.2, -0.15) is 18.3 Å². The van der Waals surface area contributed by atoms with Gasteiger partial charge in [-0.1, -0.05) is 13.8 Å². The molecule has 4 aromatic heterocycles. The first-order chi connectivity index (χ1) is 11.8. The molecule has 0 saturated carbocycles. The zero-order valence-corrected chi connectivity index (χ0v) is 13.5. The van der Waals surface area contributed by atoms with E-state index in [9.17, 15) is 13.2 Å². The average molecular weight is 345 g/mol. The predicted molar refractivity (Wildman–Crippen MR) is 87.6 cm³/mol. The maximum absolute atomic E-state index is 13.1. The molecule has 4 rings (SSSR count). The summed E-state index contributed by atoms with van der Waals surface area (Å²) < 4.78 is 41.0. The van der Waals surface area contributed by atoms with Crippen molar-refractivity contribution >= 4 is 22.1 Å². The number of pyridine rings is 2. The van der Waals surface area contributed by atoms with Gasteiger partial charge in [-0.3, -0.25) is 9.67 Å². The van der Waals surface area contributed by atoms with Crippen LogP contribution in [0.25, 0.3) is 27.8 Å². The van der Waals surface area contributed by atoms with Crippen LogP contribution in [0.5, 0.6) is 0 Å². The lowest BCUT2D eigenvalue weighted by Gasteiger charge is -2.13. The quantitative estimate of drug-likeness (QED) is 0.584. The summed E-state index contributed by atoms with van der Waals surface area (Å²) in [5, 5.41) is 8.12. The molecule has 0 aliphatic rings. The Hall–Kier alpha value is -2.90. The number of nitrogens with zero attached hydrogens (tertiary/aromatic N) is 4. The van der Waals surface area contributed by atoms with E-state index >= 15 is 0 Å². The van der Waals surface area contributed by atoms with Gasteiger partial charge < -0.3 is 0 Å². The van der Waals surface area contributed by atoms with E-state index in [0.29, 0.717) is 16.7 Å². The van der Waals surface area contributed by atoms with Crippen molar-refractivity contribution in [2.45, 2.75) is 25.9 Å². The van der Waals surface area contributed by atoms with Crippen LogP contribution >= 0.6 is 0 Å². The molecule has 25 heavy (non-hydrogen) atoms. The fourth-order valence-corrected chi connectivity index (χ4v) is 2.90. The van der Waals surface area contributed by atoms with Gasteiger partial charge in [0.25, 0.3) is 0 Å². The second-order valence-electron chi connectivity index (χ2n) is 6.17. The SMILES string of the molecule is CC(C)c1cc2ccc(C(F)(F)F)nc2n1-c1cnc2[nH]ncc2c1. The maximum atomic E-state index is 13.1. The minimum absolute atomic E-state index is 0.101. The third-order valence-corrected chi connectivity index (χ3v) is 4.10. The molecule has 0 aliphatic heterocycles. The van der Waals surface area contributed by atoms with E-state index < -0.39 is 11.9 Å². The standard InChI is InChI=1S/C17H14F3N5/c1-9(2)13-6-10-3-4-14(17(18,19)20)23-16(10)25(13)12-5-11-7-22-24-15(11)21-8-12/h3-9H,1-2H3,(H,21,22,24). The molecule has 1 N–H and O–H groups in total. The number of hydrogen-bond acceptors (Lipinski definition) is 3. The van der Waals surface area contributed by atoms with Gasteiger partial charge >= 0.3 is 6.18 Å². The zero-order chi connectivity index (χ0) is 17.8. The molecule has 0 aliphatic carbocycles.